The van der Waals surface area contributed by atoms with Crippen LogP contribution in [0.1, 0.15) is 12.8 Å². The highest BCUT2D eigenvalue weighted by Crippen LogP contribution is 2.42. The maximum atomic E-state index is 12.7. The molecule has 3 aromatic rings. The number of benzene rings is 1. The van der Waals surface area contributed by atoms with Gasteiger partial charge in [0.1, 0.15) is 10.6 Å². The lowest BCUT2D eigenvalue weighted by atomic mass is 10.1. The predicted octanol–water partition coefficient (Wildman–Crippen LogP) is 2.88. The molecule has 3 atom stereocenters. The number of nitrogens with zero attached hydrogens (tertiary/aromatic N) is 3. The van der Waals surface area contributed by atoms with Gasteiger partial charge in [0.2, 0.25) is 11.9 Å². The SMILES string of the molecule is O=C(Nc1nc(N2CC3CC2CO3)c2c(-c3ccccc3)csc2n1)C1CCNC1. The van der Waals surface area contributed by atoms with Crippen molar-refractivity contribution in [3.05, 3.63) is 35.7 Å². The van der Waals surface area contributed by atoms with E-state index in [1.165, 1.54) is 0 Å². The third kappa shape index (κ3) is 3.07. The summed E-state index contributed by atoms with van der Waals surface area (Å²) in [6, 6.07) is 10.7. The van der Waals surface area contributed by atoms with E-state index in [1.54, 1.807) is 11.3 Å². The van der Waals surface area contributed by atoms with E-state index in [1.807, 2.05) is 6.07 Å². The topological polar surface area (TPSA) is 79.4 Å². The summed E-state index contributed by atoms with van der Waals surface area (Å²) < 4.78 is 5.82. The summed E-state index contributed by atoms with van der Waals surface area (Å²) in [6.07, 6.45) is 2.15. The van der Waals surface area contributed by atoms with Crippen LogP contribution in [-0.4, -0.2) is 54.3 Å². The molecule has 6 rings (SSSR count). The quantitative estimate of drug-likeness (QED) is 0.674. The van der Waals surface area contributed by atoms with Crippen molar-refractivity contribution in [1.29, 1.82) is 0 Å². The van der Waals surface area contributed by atoms with Crippen LogP contribution in [-0.2, 0) is 9.53 Å². The number of hydrogen-bond acceptors (Lipinski definition) is 7. The molecule has 8 heteroatoms. The number of ether oxygens (including phenoxy) is 1. The number of fused-ring (bicyclic) bond motifs is 3. The number of anilines is 2. The minimum absolute atomic E-state index is 0.00332. The molecule has 0 spiro atoms. The predicted molar refractivity (Wildman–Crippen MR) is 118 cm³/mol. The molecule has 3 unspecified atom stereocenters. The molecule has 3 aliphatic rings. The van der Waals surface area contributed by atoms with Gasteiger partial charge in [-0.1, -0.05) is 30.3 Å². The maximum Gasteiger partial charge on any atom is 0.232 e. The molecule has 1 aromatic carbocycles. The molecule has 154 valence electrons. The Morgan fingerprint density at radius 3 is 2.90 bits per heavy atom. The Hall–Kier alpha value is -2.55. The highest BCUT2D eigenvalue weighted by atomic mass is 32.1. The maximum absolute atomic E-state index is 12.7. The van der Waals surface area contributed by atoms with Crippen LogP contribution in [0.2, 0.25) is 0 Å². The molecular weight excluding hydrogens is 398 g/mol. The lowest BCUT2D eigenvalue weighted by molar-refractivity contribution is -0.119. The number of carbonyl (C=O) groups excluding carboxylic acids is 1. The van der Waals surface area contributed by atoms with Crippen LogP contribution >= 0.6 is 11.3 Å². The summed E-state index contributed by atoms with van der Waals surface area (Å²) in [5, 5.41) is 9.44. The summed E-state index contributed by atoms with van der Waals surface area (Å²) in [4.78, 5) is 25.5. The average Bonchev–Trinajstić information content (AvgIpc) is 3.58. The van der Waals surface area contributed by atoms with Crippen molar-refractivity contribution in [2.45, 2.75) is 25.0 Å². The minimum atomic E-state index is -0.0211. The number of amides is 1. The zero-order valence-corrected chi connectivity index (χ0v) is 17.3. The molecule has 3 fully saturated rings. The molecule has 2 N–H and O–H groups in total. The van der Waals surface area contributed by atoms with Crippen LogP contribution in [0.25, 0.3) is 21.3 Å². The number of carbonyl (C=O) groups is 1. The van der Waals surface area contributed by atoms with E-state index in [0.29, 0.717) is 18.5 Å². The van der Waals surface area contributed by atoms with Gasteiger partial charge in [-0.3, -0.25) is 10.1 Å². The Morgan fingerprint density at radius 1 is 1.27 bits per heavy atom. The summed E-state index contributed by atoms with van der Waals surface area (Å²) in [6.45, 7) is 3.16. The number of aromatic nitrogens is 2. The van der Waals surface area contributed by atoms with Crippen molar-refractivity contribution < 1.29 is 9.53 Å². The van der Waals surface area contributed by atoms with Crippen molar-refractivity contribution in [2.75, 3.05) is 36.5 Å². The number of thiophene rings is 1. The molecule has 0 saturated carbocycles. The molecule has 1 amide bonds. The van der Waals surface area contributed by atoms with Gasteiger partial charge in [-0.2, -0.15) is 4.98 Å². The lowest BCUT2D eigenvalue weighted by Crippen LogP contribution is -2.38. The van der Waals surface area contributed by atoms with E-state index in [0.717, 1.165) is 59.7 Å². The van der Waals surface area contributed by atoms with Crippen LogP contribution in [0.4, 0.5) is 11.8 Å². The van der Waals surface area contributed by atoms with Gasteiger partial charge in [0.25, 0.3) is 0 Å². The number of nitrogens with one attached hydrogen (secondary N) is 2. The number of morpholine rings is 1. The fourth-order valence-electron chi connectivity index (χ4n) is 4.77. The Kier molecular flexibility index (Phi) is 4.44. The van der Waals surface area contributed by atoms with E-state index >= 15 is 0 Å². The molecule has 2 aromatic heterocycles. The van der Waals surface area contributed by atoms with Crippen LogP contribution in [0.5, 0.6) is 0 Å². The van der Waals surface area contributed by atoms with Gasteiger partial charge in [0.05, 0.1) is 30.1 Å². The molecule has 0 radical (unpaired) electrons. The Balaban J connectivity index is 1.44. The number of rotatable bonds is 4. The van der Waals surface area contributed by atoms with Gasteiger partial charge in [-0.05, 0) is 24.9 Å². The van der Waals surface area contributed by atoms with Crippen molar-refractivity contribution in [2.24, 2.45) is 5.92 Å². The first-order valence-corrected chi connectivity index (χ1v) is 11.4. The molecule has 5 heterocycles. The van der Waals surface area contributed by atoms with Crippen molar-refractivity contribution in [3.63, 3.8) is 0 Å². The monoisotopic (exact) mass is 421 g/mol. The Labute approximate surface area is 178 Å². The fourth-order valence-corrected chi connectivity index (χ4v) is 5.71. The summed E-state index contributed by atoms with van der Waals surface area (Å²) in [5.41, 5.74) is 2.30. The van der Waals surface area contributed by atoms with Crippen molar-refractivity contribution >= 4 is 39.2 Å². The van der Waals surface area contributed by atoms with Crippen molar-refractivity contribution in [3.8, 4) is 11.1 Å². The van der Waals surface area contributed by atoms with Crippen LogP contribution in [0.3, 0.4) is 0 Å². The van der Waals surface area contributed by atoms with E-state index in [-0.39, 0.29) is 17.9 Å². The third-order valence-electron chi connectivity index (χ3n) is 6.34. The molecular formula is C22H23N5O2S. The largest absolute Gasteiger partial charge is 0.374 e. The molecule has 30 heavy (non-hydrogen) atoms. The van der Waals surface area contributed by atoms with Gasteiger partial charge in [-0.15, -0.1) is 11.3 Å². The molecule has 3 saturated heterocycles. The normalized spacial score (nSPS) is 25.3. The van der Waals surface area contributed by atoms with Gasteiger partial charge in [-0.25, -0.2) is 4.98 Å². The van der Waals surface area contributed by atoms with Crippen LogP contribution in [0.15, 0.2) is 35.7 Å². The minimum Gasteiger partial charge on any atom is -0.374 e. The second-order valence-electron chi connectivity index (χ2n) is 8.24. The summed E-state index contributed by atoms with van der Waals surface area (Å²) in [7, 11) is 0. The summed E-state index contributed by atoms with van der Waals surface area (Å²) in [5.74, 6) is 1.29. The van der Waals surface area contributed by atoms with Crippen molar-refractivity contribution in [1.82, 2.24) is 15.3 Å². The molecule has 3 aliphatic heterocycles. The van der Waals surface area contributed by atoms with Gasteiger partial charge in [0.15, 0.2) is 0 Å². The van der Waals surface area contributed by atoms with E-state index < -0.39 is 0 Å². The van der Waals surface area contributed by atoms with Gasteiger partial charge < -0.3 is 15.0 Å². The first-order chi connectivity index (χ1) is 14.8. The highest BCUT2D eigenvalue weighted by molar-refractivity contribution is 7.17. The molecule has 7 nitrogen and oxygen atoms in total. The lowest BCUT2D eigenvalue weighted by Gasteiger charge is -2.29. The molecule has 0 aliphatic carbocycles. The van der Waals surface area contributed by atoms with E-state index in [4.69, 9.17) is 14.7 Å². The highest BCUT2D eigenvalue weighted by Gasteiger charge is 2.41. The van der Waals surface area contributed by atoms with E-state index in [2.05, 4.69) is 45.2 Å². The molecule has 2 bridgehead atoms. The third-order valence-corrected chi connectivity index (χ3v) is 7.21. The first kappa shape index (κ1) is 18.2. The zero-order chi connectivity index (χ0) is 20.1. The van der Waals surface area contributed by atoms with Gasteiger partial charge >= 0.3 is 0 Å². The average molecular weight is 422 g/mol. The first-order valence-electron chi connectivity index (χ1n) is 10.5. The smallest absolute Gasteiger partial charge is 0.232 e. The van der Waals surface area contributed by atoms with Gasteiger partial charge in [0, 0.05) is 24.0 Å². The second kappa shape index (κ2) is 7.30. The zero-order valence-electron chi connectivity index (χ0n) is 16.5. The fraction of sp³-hybridized carbons (Fsp3) is 0.409. The van der Waals surface area contributed by atoms with Crippen LogP contribution < -0.4 is 15.5 Å². The summed E-state index contributed by atoms with van der Waals surface area (Å²) >= 11 is 1.60. The van der Waals surface area contributed by atoms with E-state index in [9.17, 15) is 4.79 Å². The Morgan fingerprint density at radius 2 is 2.17 bits per heavy atom. The number of hydrogen-bond donors (Lipinski definition) is 2. The van der Waals surface area contributed by atoms with Crippen LogP contribution in [0, 0.1) is 5.92 Å². The standard InChI is InChI=1S/C22H23N5O2S/c28-20(14-6-7-23-9-14)25-22-24-19(27-10-16-8-15(27)11-29-16)18-17(12-30-21(18)26-22)13-4-2-1-3-5-13/h1-5,12,14-16,23H,6-11H2,(H,24,25,26,28). The second-order valence-corrected chi connectivity index (χ2v) is 9.10. The Bertz CT molecular complexity index is 1100.